The summed E-state index contributed by atoms with van der Waals surface area (Å²) in [6, 6.07) is 3.75. The van der Waals surface area contributed by atoms with Crippen molar-refractivity contribution in [3.63, 3.8) is 0 Å². The molecule has 2 heteroatoms. The number of thiol groups is 1. The molecule has 11 heavy (non-hydrogen) atoms. The predicted molar refractivity (Wildman–Crippen MR) is 49.5 cm³/mol. The van der Waals surface area contributed by atoms with Crippen molar-refractivity contribution >= 4 is 12.6 Å². The first kappa shape index (κ1) is 8.47. The van der Waals surface area contributed by atoms with Gasteiger partial charge in [-0.05, 0) is 36.6 Å². The highest BCUT2D eigenvalue weighted by atomic mass is 32.1. The Morgan fingerprint density at radius 1 is 1.45 bits per heavy atom. The molecule has 0 aromatic heterocycles. The van der Waals surface area contributed by atoms with E-state index in [2.05, 4.69) is 12.6 Å². The fourth-order valence-corrected chi connectivity index (χ4v) is 1.45. The number of aromatic hydroxyl groups is 1. The SMILES string of the molecule is CCc1cc(S)cc(C)c1O. The standard InChI is InChI=1S/C9H12OS/c1-3-7-5-8(11)4-6(2)9(7)10/h4-5,10-11H,3H2,1-2H3. The van der Waals surface area contributed by atoms with Gasteiger partial charge in [-0.3, -0.25) is 0 Å². The van der Waals surface area contributed by atoms with Gasteiger partial charge in [0, 0.05) is 4.90 Å². The summed E-state index contributed by atoms with van der Waals surface area (Å²) in [6.07, 6.45) is 0.848. The zero-order valence-corrected chi connectivity index (χ0v) is 7.65. The predicted octanol–water partition coefficient (Wildman–Crippen LogP) is 2.55. The molecule has 0 spiro atoms. The lowest BCUT2D eigenvalue weighted by Gasteiger charge is -2.05. The number of hydrogen-bond donors (Lipinski definition) is 2. The molecule has 0 heterocycles. The molecule has 1 aromatic carbocycles. The van der Waals surface area contributed by atoms with Gasteiger partial charge in [0.05, 0.1) is 0 Å². The Hall–Kier alpha value is -0.630. The second-order valence-electron chi connectivity index (χ2n) is 2.62. The smallest absolute Gasteiger partial charge is 0.121 e. The molecule has 0 aliphatic heterocycles. The second kappa shape index (κ2) is 3.18. The van der Waals surface area contributed by atoms with E-state index in [1.54, 1.807) is 0 Å². The van der Waals surface area contributed by atoms with E-state index >= 15 is 0 Å². The minimum atomic E-state index is 0.408. The van der Waals surface area contributed by atoms with Crippen molar-refractivity contribution in [3.8, 4) is 5.75 Å². The zero-order valence-electron chi connectivity index (χ0n) is 6.76. The minimum absolute atomic E-state index is 0.408. The molecule has 60 valence electrons. The van der Waals surface area contributed by atoms with Crippen molar-refractivity contribution in [1.82, 2.24) is 0 Å². The van der Waals surface area contributed by atoms with Gasteiger partial charge in [0.1, 0.15) is 5.75 Å². The molecule has 1 aromatic rings. The molecule has 1 N–H and O–H groups in total. The van der Waals surface area contributed by atoms with Crippen LogP contribution in [0.25, 0.3) is 0 Å². The Bertz CT molecular complexity index is 269. The first-order valence-corrected chi connectivity index (χ1v) is 4.11. The lowest BCUT2D eigenvalue weighted by Crippen LogP contribution is -1.85. The summed E-state index contributed by atoms with van der Waals surface area (Å²) in [5, 5.41) is 9.49. The molecule has 0 bridgehead atoms. The molecule has 0 unspecified atom stereocenters. The number of hydrogen-bond acceptors (Lipinski definition) is 2. The van der Waals surface area contributed by atoms with Gasteiger partial charge in [-0.2, -0.15) is 0 Å². The highest BCUT2D eigenvalue weighted by Crippen LogP contribution is 2.25. The van der Waals surface area contributed by atoms with Gasteiger partial charge in [-0.25, -0.2) is 0 Å². The van der Waals surface area contributed by atoms with E-state index in [0.717, 1.165) is 22.4 Å². The van der Waals surface area contributed by atoms with Crippen molar-refractivity contribution in [1.29, 1.82) is 0 Å². The highest BCUT2D eigenvalue weighted by molar-refractivity contribution is 7.80. The van der Waals surface area contributed by atoms with E-state index in [9.17, 15) is 5.11 Å². The zero-order chi connectivity index (χ0) is 8.43. The number of aryl methyl sites for hydroxylation is 2. The van der Waals surface area contributed by atoms with Crippen LogP contribution in [-0.2, 0) is 6.42 Å². The normalized spacial score (nSPS) is 10.1. The van der Waals surface area contributed by atoms with E-state index < -0.39 is 0 Å². The molecule has 1 nitrogen and oxygen atoms in total. The van der Waals surface area contributed by atoms with Crippen molar-refractivity contribution in [2.24, 2.45) is 0 Å². The van der Waals surface area contributed by atoms with Crippen LogP contribution in [0.5, 0.6) is 5.75 Å². The Morgan fingerprint density at radius 3 is 2.64 bits per heavy atom. The quantitative estimate of drug-likeness (QED) is 0.617. The van der Waals surface area contributed by atoms with Gasteiger partial charge in [-0.1, -0.05) is 6.92 Å². The van der Waals surface area contributed by atoms with E-state index in [1.165, 1.54) is 0 Å². The average Bonchev–Trinajstić information content (AvgIpc) is 1.96. The van der Waals surface area contributed by atoms with Crippen LogP contribution >= 0.6 is 12.6 Å². The molecule has 1 rings (SSSR count). The van der Waals surface area contributed by atoms with Crippen LogP contribution < -0.4 is 0 Å². The number of rotatable bonds is 1. The lowest BCUT2D eigenvalue weighted by atomic mass is 10.1. The third-order valence-electron chi connectivity index (χ3n) is 1.75. The molecule has 0 aliphatic carbocycles. The number of phenolic OH excluding ortho intramolecular Hbond substituents is 1. The Balaban J connectivity index is 3.24. The van der Waals surface area contributed by atoms with Crippen LogP contribution in [0.15, 0.2) is 17.0 Å². The van der Waals surface area contributed by atoms with Crippen molar-refractivity contribution in [2.45, 2.75) is 25.2 Å². The summed E-state index contributed by atoms with van der Waals surface area (Å²) in [7, 11) is 0. The lowest BCUT2D eigenvalue weighted by molar-refractivity contribution is 0.464. The largest absolute Gasteiger partial charge is 0.507 e. The van der Waals surface area contributed by atoms with Crippen LogP contribution in [0.4, 0.5) is 0 Å². The second-order valence-corrected chi connectivity index (χ2v) is 3.14. The van der Waals surface area contributed by atoms with Gasteiger partial charge in [0.15, 0.2) is 0 Å². The molecule has 0 fully saturated rings. The van der Waals surface area contributed by atoms with E-state index in [0.29, 0.717) is 5.75 Å². The maximum absolute atomic E-state index is 9.49. The molecule has 0 amide bonds. The van der Waals surface area contributed by atoms with E-state index in [4.69, 9.17) is 0 Å². The molecule has 0 aliphatic rings. The molecule has 0 atom stereocenters. The van der Waals surface area contributed by atoms with E-state index in [-0.39, 0.29) is 0 Å². The molecule has 0 saturated carbocycles. The fraction of sp³-hybridized carbons (Fsp3) is 0.333. The summed E-state index contributed by atoms with van der Waals surface area (Å²) in [5.74, 6) is 0.408. The van der Waals surface area contributed by atoms with Crippen LogP contribution in [0.2, 0.25) is 0 Å². The number of phenols is 1. The summed E-state index contributed by atoms with van der Waals surface area (Å²) in [6.45, 7) is 3.90. The fourth-order valence-electron chi connectivity index (χ4n) is 1.10. The Labute approximate surface area is 72.5 Å². The first-order chi connectivity index (χ1) is 5.15. The summed E-state index contributed by atoms with van der Waals surface area (Å²) in [5.41, 5.74) is 1.87. The van der Waals surface area contributed by atoms with Crippen LogP contribution in [0.3, 0.4) is 0 Å². The van der Waals surface area contributed by atoms with Gasteiger partial charge >= 0.3 is 0 Å². The molecular weight excluding hydrogens is 156 g/mol. The summed E-state index contributed by atoms with van der Waals surface area (Å²) < 4.78 is 0. The first-order valence-electron chi connectivity index (χ1n) is 3.66. The van der Waals surface area contributed by atoms with Crippen molar-refractivity contribution < 1.29 is 5.11 Å². The van der Waals surface area contributed by atoms with Crippen molar-refractivity contribution in [3.05, 3.63) is 23.3 Å². The van der Waals surface area contributed by atoms with Crippen molar-refractivity contribution in [2.75, 3.05) is 0 Å². The third kappa shape index (κ3) is 1.69. The Morgan fingerprint density at radius 2 is 2.09 bits per heavy atom. The topological polar surface area (TPSA) is 20.2 Å². The maximum atomic E-state index is 9.49. The van der Waals surface area contributed by atoms with Gasteiger partial charge in [0.25, 0.3) is 0 Å². The van der Waals surface area contributed by atoms with Crippen LogP contribution in [-0.4, -0.2) is 5.11 Å². The van der Waals surface area contributed by atoms with Gasteiger partial charge in [-0.15, -0.1) is 12.6 Å². The molecule has 0 saturated heterocycles. The number of benzene rings is 1. The third-order valence-corrected chi connectivity index (χ3v) is 2.00. The molecule has 0 radical (unpaired) electrons. The highest BCUT2D eigenvalue weighted by Gasteiger charge is 2.02. The Kier molecular flexibility index (Phi) is 2.45. The van der Waals surface area contributed by atoms with E-state index in [1.807, 2.05) is 26.0 Å². The average molecular weight is 168 g/mol. The van der Waals surface area contributed by atoms with Gasteiger partial charge < -0.3 is 5.11 Å². The summed E-state index contributed by atoms with van der Waals surface area (Å²) >= 11 is 4.21. The van der Waals surface area contributed by atoms with Crippen LogP contribution in [0, 0.1) is 6.92 Å². The maximum Gasteiger partial charge on any atom is 0.121 e. The monoisotopic (exact) mass is 168 g/mol. The van der Waals surface area contributed by atoms with Crippen LogP contribution in [0.1, 0.15) is 18.1 Å². The molecular formula is C9H12OS. The summed E-state index contributed by atoms with van der Waals surface area (Å²) in [4.78, 5) is 0.914. The van der Waals surface area contributed by atoms with Gasteiger partial charge in [0.2, 0.25) is 0 Å². The minimum Gasteiger partial charge on any atom is -0.507 e.